The number of primary amides is 1. The van der Waals surface area contributed by atoms with Gasteiger partial charge in [0.1, 0.15) is 5.75 Å². The first-order valence-corrected chi connectivity index (χ1v) is 4.73. The monoisotopic (exact) mass is 223 g/mol. The van der Waals surface area contributed by atoms with Gasteiger partial charge in [-0.3, -0.25) is 9.59 Å². The van der Waals surface area contributed by atoms with E-state index in [-0.39, 0.29) is 19.0 Å². The number of hydrogen-bond donors (Lipinski definition) is 1. The molecule has 5 heteroatoms. The molecule has 16 heavy (non-hydrogen) atoms. The van der Waals surface area contributed by atoms with Gasteiger partial charge >= 0.3 is 5.97 Å². The van der Waals surface area contributed by atoms with Crippen LogP contribution in [0.1, 0.15) is 16.8 Å². The van der Waals surface area contributed by atoms with Crippen LogP contribution < -0.4 is 10.5 Å². The normalized spacial score (nSPS) is 9.56. The number of ether oxygens (including phenoxy) is 2. The Morgan fingerprint density at radius 1 is 1.38 bits per heavy atom. The molecule has 0 aromatic heterocycles. The van der Waals surface area contributed by atoms with Crippen molar-refractivity contribution >= 4 is 11.9 Å². The molecule has 0 atom stereocenters. The predicted molar refractivity (Wildman–Crippen MR) is 57.1 cm³/mol. The predicted octanol–water partition coefficient (Wildman–Crippen LogP) is 0.727. The molecule has 0 unspecified atom stereocenters. The second-order valence-corrected chi connectivity index (χ2v) is 3.07. The number of methoxy groups -OCH3 is 1. The van der Waals surface area contributed by atoms with Crippen molar-refractivity contribution in [1.29, 1.82) is 0 Å². The van der Waals surface area contributed by atoms with E-state index in [9.17, 15) is 9.59 Å². The van der Waals surface area contributed by atoms with Crippen LogP contribution >= 0.6 is 0 Å². The van der Waals surface area contributed by atoms with Crippen LogP contribution in [-0.4, -0.2) is 25.6 Å². The van der Waals surface area contributed by atoms with Crippen LogP contribution in [0.5, 0.6) is 5.75 Å². The first-order valence-electron chi connectivity index (χ1n) is 4.73. The zero-order chi connectivity index (χ0) is 12.0. The van der Waals surface area contributed by atoms with Crippen LogP contribution in [0.15, 0.2) is 24.3 Å². The SMILES string of the molecule is COC(=O)CCOc1cccc(C(N)=O)c1. The fraction of sp³-hybridized carbons (Fsp3) is 0.273. The molecule has 2 N–H and O–H groups in total. The second-order valence-electron chi connectivity index (χ2n) is 3.07. The van der Waals surface area contributed by atoms with Gasteiger partial charge in [-0.05, 0) is 18.2 Å². The minimum Gasteiger partial charge on any atom is -0.493 e. The third-order valence-corrected chi connectivity index (χ3v) is 1.92. The van der Waals surface area contributed by atoms with E-state index in [4.69, 9.17) is 10.5 Å². The lowest BCUT2D eigenvalue weighted by Gasteiger charge is -2.05. The maximum absolute atomic E-state index is 10.9. The lowest BCUT2D eigenvalue weighted by atomic mass is 10.2. The van der Waals surface area contributed by atoms with E-state index in [1.54, 1.807) is 18.2 Å². The van der Waals surface area contributed by atoms with Crippen LogP contribution in [0, 0.1) is 0 Å². The molecule has 0 aliphatic heterocycles. The molecule has 0 fully saturated rings. The first-order chi connectivity index (χ1) is 7.63. The van der Waals surface area contributed by atoms with E-state index in [2.05, 4.69) is 4.74 Å². The van der Waals surface area contributed by atoms with Crippen LogP contribution in [0.3, 0.4) is 0 Å². The van der Waals surface area contributed by atoms with Gasteiger partial charge in [0.25, 0.3) is 0 Å². The van der Waals surface area contributed by atoms with E-state index in [0.717, 1.165) is 0 Å². The molecule has 0 saturated carbocycles. The van der Waals surface area contributed by atoms with E-state index >= 15 is 0 Å². The van der Waals surface area contributed by atoms with Crippen molar-refractivity contribution in [2.24, 2.45) is 5.73 Å². The van der Waals surface area contributed by atoms with Crippen molar-refractivity contribution in [3.05, 3.63) is 29.8 Å². The summed E-state index contributed by atoms with van der Waals surface area (Å²) in [5.41, 5.74) is 5.48. The maximum Gasteiger partial charge on any atom is 0.308 e. The second kappa shape index (κ2) is 5.75. The smallest absolute Gasteiger partial charge is 0.308 e. The number of rotatable bonds is 5. The molecule has 5 nitrogen and oxygen atoms in total. The number of nitrogens with two attached hydrogens (primary N) is 1. The van der Waals surface area contributed by atoms with Gasteiger partial charge in [-0.15, -0.1) is 0 Å². The van der Waals surface area contributed by atoms with Gasteiger partial charge in [-0.25, -0.2) is 0 Å². The van der Waals surface area contributed by atoms with Gasteiger partial charge in [-0.1, -0.05) is 6.07 Å². The Labute approximate surface area is 93.1 Å². The summed E-state index contributed by atoms with van der Waals surface area (Å²) in [7, 11) is 1.32. The Kier molecular flexibility index (Phi) is 4.32. The zero-order valence-electron chi connectivity index (χ0n) is 8.93. The highest BCUT2D eigenvalue weighted by Crippen LogP contribution is 2.13. The number of hydrogen-bond acceptors (Lipinski definition) is 4. The highest BCUT2D eigenvalue weighted by molar-refractivity contribution is 5.93. The summed E-state index contributed by atoms with van der Waals surface area (Å²) < 4.78 is 9.72. The lowest BCUT2D eigenvalue weighted by Crippen LogP contribution is -2.11. The fourth-order valence-corrected chi connectivity index (χ4v) is 1.09. The Morgan fingerprint density at radius 2 is 2.12 bits per heavy atom. The Balaban J connectivity index is 2.51. The molecule has 1 aromatic rings. The van der Waals surface area contributed by atoms with Crippen molar-refractivity contribution in [3.8, 4) is 5.75 Å². The average Bonchev–Trinajstić information content (AvgIpc) is 2.29. The maximum atomic E-state index is 10.9. The highest BCUT2D eigenvalue weighted by atomic mass is 16.5. The molecule has 0 aliphatic carbocycles. The molecule has 1 aromatic carbocycles. The fourth-order valence-electron chi connectivity index (χ4n) is 1.09. The number of carbonyl (C=O) groups is 2. The summed E-state index contributed by atoms with van der Waals surface area (Å²) >= 11 is 0. The summed E-state index contributed by atoms with van der Waals surface area (Å²) in [5, 5.41) is 0. The zero-order valence-corrected chi connectivity index (χ0v) is 8.93. The van der Waals surface area contributed by atoms with E-state index in [1.807, 2.05) is 0 Å². The molecule has 0 aliphatic rings. The van der Waals surface area contributed by atoms with Crippen LogP contribution in [-0.2, 0) is 9.53 Å². The summed E-state index contributed by atoms with van der Waals surface area (Å²) in [6.07, 6.45) is 0.164. The van der Waals surface area contributed by atoms with E-state index in [0.29, 0.717) is 11.3 Å². The molecule has 0 bridgehead atoms. The molecule has 1 rings (SSSR count). The average molecular weight is 223 g/mol. The highest BCUT2D eigenvalue weighted by Gasteiger charge is 2.03. The lowest BCUT2D eigenvalue weighted by molar-refractivity contribution is -0.141. The van der Waals surface area contributed by atoms with Gasteiger partial charge in [0, 0.05) is 5.56 Å². The molecular weight excluding hydrogens is 210 g/mol. The number of carbonyl (C=O) groups excluding carboxylic acids is 2. The molecule has 86 valence electrons. The molecule has 0 spiro atoms. The van der Waals surface area contributed by atoms with Gasteiger partial charge in [0.15, 0.2) is 0 Å². The minimum atomic E-state index is -0.515. The Hall–Kier alpha value is -2.04. The van der Waals surface area contributed by atoms with Gasteiger partial charge < -0.3 is 15.2 Å². The molecular formula is C11H13NO4. The number of benzene rings is 1. The third kappa shape index (κ3) is 3.61. The third-order valence-electron chi connectivity index (χ3n) is 1.92. The van der Waals surface area contributed by atoms with E-state index < -0.39 is 5.91 Å². The Bertz CT molecular complexity index is 389. The topological polar surface area (TPSA) is 78.6 Å². The number of amides is 1. The largest absolute Gasteiger partial charge is 0.493 e. The number of esters is 1. The van der Waals surface area contributed by atoms with Crippen molar-refractivity contribution in [2.75, 3.05) is 13.7 Å². The standard InChI is InChI=1S/C11H13NO4/c1-15-10(13)5-6-16-9-4-2-3-8(7-9)11(12)14/h2-4,7H,5-6H2,1H3,(H2,12,14). The van der Waals surface area contributed by atoms with Gasteiger partial charge in [-0.2, -0.15) is 0 Å². The van der Waals surface area contributed by atoms with Crippen molar-refractivity contribution < 1.29 is 19.1 Å². The summed E-state index contributed by atoms with van der Waals surface area (Å²) in [4.78, 5) is 21.7. The summed E-state index contributed by atoms with van der Waals surface area (Å²) in [5.74, 6) is -0.357. The van der Waals surface area contributed by atoms with Crippen LogP contribution in [0.25, 0.3) is 0 Å². The molecule has 0 heterocycles. The minimum absolute atomic E-state index is 0.164. The first kappa shape index (κ1) is 12.0. The molecule has 1 amide bonds. The quantitative estimate of drug-likeness (QED) is 0.746. The Morgan fingerprint density at radius 3 is 2.75 bits per heavy atom. The van der Waals surface area contributed by atoms with Crippen molar-refractivity contribution in [1.82, 2.24) is 0 Å². The van der Waals surface area contributed by atoms with Crippen LogP contribution in [0.2, 0.25) is 0 Å². The molecule has 0 saturated heterocycles. The van der Waals surface area contributed by atoms with Gasteiger partial charge in [0.05, 0.1) is 20.1 Å². The van der Waals surface area contributed by atoms with Gasteiger partial charge in [0.2, 0.25) is 5.91 Å². The van der Waals surface area contributed by atoms with Crippen molar-refractivity contribution in [2.45, 2.75) is 6.42 Å². The molecule has 0 radical (unpaired) electrons. The van der Waals surface area contributed by atoms with E-state index in [1.165, 1.54) is 13.2 Å². The summed E-state index contributed by atoms with van der Waals surface area (Å²) in [6.45, 7) is 0.203. The summed E-state index contributed by atoms with van der Waals surface area (Å²) in [6, 6.07) is 6.46. The van der Waals surface area contributed by atoms with Crippen molar-refractivity contribution in [3.63, 3.8) is 0 Å². The van der Waals surface area contributed by atoms with Crippen LogP contribution in [0.4, 0.5) is 0 Å².